The largest absolute Gasteiger partial charge is 0.507 e. The highest BCUT2D eigenvalue weighted by Crippen LogP contribution is 2.44. The van der Waals surface area contributed by atoms with Gasteiger partial charge >= 0.3 is 0 Å². The molecule has 0 amide bonds. The van der Waals surface area contributed by atoms with E-state index in [1.54, 1.807) is 13.2 Å². The van der Waals surface area contributed by atoms with Gasteiger partial charge in [0.15, 0.2) is 11.6 Å². The highest BCUT2D eigenvalue weighted by molar-refractivity contribution is 7.19. The van der Waals surface area contributed by atoms with E-state index in [1.165, 1.54) is 62.6 Å². The molecule has 1 aliphatic carbocycles. The number of benzene rings is 1. The molecule has 4 rings (SSSR count). The van der Waals surface area contributed by atoms with Crippen molar-refractivity contribution in [2.75, 3.05) is 41.4 Å². The number of aliphatic hydroxyl groups excluding tert-OH is 1. The average Bonchev–Trinajstić information content (AvgIpc) is 3.80. The molecule has 0 bridgehead atoms. The van der Waals surface area contributed by atoms with Crippen molar-refractivity contribution in [2.24, 2.45) is 10.9 Å². The van der Waals surface area contributed by atoms with Gasteiger partial charge in [-0.15, -0.1) is 11.3 Å². The standard InChI is InChI=1S/C35H45F2N3O2S.C6H13NO.C4H6O/c1-10-13-29(42-9)39-33-25(22(7)40(8)23(12-3)15-14-21(6)11-2)18-28(41)31(32(33)37)24-16-17-27(36)35-30(24)26(19-38)34(43-35)20(4)5;1-7-4-3-6(5-7)8-2;1-3-4(2)5/h13,16-18,20-21,23,41H,10-12,14-15H2,1-9H3;6H,3-5H2,1-2H3;3H,1H2,2H3/b25-22+,29-13-,39-33+;;. The summed E-state index contributed by atoms with van der Waals surface area (Å²) in [7, 11) is 7.38. The van der Waals surface area contributed by atoms with Crippen molar-refractivity contribution in [1.82, 2.24) is 9.80 Å². The van der Waals surface area contributed by atoms with Gasteiger partial charge in [-0.05, 0) is 94.7 Å². The van der Waals surface area contributed by atoms with Crippen LogP contribution < -0.4 is 0 Å². The minimum absolute atomic E-state index is 0.0185. The fourth-order valence-electron chi connectivity index (χ4n) is 6.55. The van der Waals surface area contributed by atoms with E-state index >= 15 is 8.78 Å². The van der Waals surface area contributed by atoms with Crippen molar-refractivity contribution < 1.29 is 28.2 Å². The van der Waals surface area contributed by atoms with Crippen LogP contribution in [0.2, 0.25) is 0 Å². The molecule has 0 radical (unpaired) electrons. The number of ketones is 1. The van der Waals surface area contributed by atoms with Crippen molar-refractivity contribution in [3.05, 3.63) is 87.5 Å². The monoisotopic (exact) mass is 794 g/mol. The number of aliphatic hydroxyl groups is 1. The summed E-state index contributed by atoms with van der Waals surface area (Å²) in [6.07, 6.45) is 11.0. The number of nitrogens with zero attached hydrogens (tertiary/aromatic N) is 4. The molecule has 3 unspecified atom stereocenters. The lowest BCUT2D eigenvalue weighted by Gasteiger charge is -2.33. The normalized spacial score (nSPS) is 18.8. The molecule has 11 heteroatoms. The Labute approximate surface area is 338 Å². The van der Waals surface area contributed by atoms with Crippen LogP contribution in [0.5, 0.6) is 0 Å². The van der Waals surface area contributed by atoms with Crippen LogP contribution in [-0.2, 0) is 14.3 Å². The van der Waals surface area contributed by atoms with Crippen LogP contribution in [-0.4, -0.2) is 80.0 Å². The number of likely N-dealkylation sites (N-methyl/N-ethyl adjacent to an activating group) is 1. The Morgan fingerprint density at radius 2 is 1.84 bits per heavy atom. The number of ether oxygens (including phenoxy) is 2. The predicted octanol–water partition coefficient (Wildman–Crippen LogP) is 11.4. The number of hydrogen-bond acceptors (Lipinski definition) is 9. The fourth-order valence-corrected chi connectivity index (χ4v) is 7.73. The number of nitriles is 1. The third-order valence-corrected chi connectivity index (χ3v) is 11.8. The van der Waals surface area contributed by atoms with Crippen LogP contribution in [0, 0.1) is 23.1 Å². The molecule has 1 saturated heterocycles. The van der Waals surface area contributed by atoms with Crippen LogP contribution >= 0.6 is 11.3 Å². The number of fused-ring (bicyclic) bond motifs is 1. The Morgan fingerprint density at radius 1 is 1.18 bits per heavy atom. The van der Waals surface area contributed by atoms with Gasteiger partial charge in [0.1, 0.15) is 23.4 Å². The summed E-state index contributed by atoms with van der Waals surface area (Å²) in [5.41, 5.74) is 1.65. The van der Waals surface area contributed by atoms with Crippen LogP contribution in [0.1, 0.15) is 116 Å². The van der Waals surface area contributed by atoms with Gasteiger partial charge in [-0.2, -0.15) is 5.26 Å². The predicted molar refractivity (Wildman–Crippen MR) is 229 cm³/mol. The molecule has 0 spiro atoms. The lowest BCUT2D eigenvalue weighted by molar-refractivity contribution is -0.112. The topological polar surface area (TPSA) is 98.4 Å². The van der Waals surface area contributed by atoms with Gasteiger partial charge in [-0.25, -0.2) is 13.8 Å². The molecule has 2 heterocycles. The van der Waals surface area contributed by atoms with Crippen molar-refractivity contribution in [2.45, 2.75) is 112 Å². The molecule has 1 N–H and O–H groups in total. The van der Waals surface area contributed by atoms with E-state index in [2.05, 4.69) is 55.3 Å². The van der Waals surface area contributed by atoms with Gasteiger partial charge in [0.25, 0.3) is 0 Å². The van der Waals surface area contributed by atoms with E-state index in [-0.39, 0.29) is 50.9 Å². The van der Waals surface area contributed by atoms with E-state index in [1.807, 2.05) is 34.7 Å². The Kier molecular flexibility index (Phi) is 19.9. The third-order valence-electron chi connectivity index (χ3n) is 10.3. The molecule has 1 fully saturated rings. The van der Waals surface area contributed by atoms with Gasteiger partial charge in [0.05, 0.1) is 29.1 Å². The summed E-state index contributed by atoms with van der Waals surface area (Å²) in [4.78, 5) is 19.4. The van der Waals surface area contributed by atoms with E-state index in [4.69, 9.17) is 9.47 Å². The highest BCUT2D eigenvalue weighted by Gasteiger charge is 2.32. The first kappa shape index (κ1) is 48.0. The summed E-state index contributed by atoms with van der Waals surface area (Å²) in [6.45, 7) is 21.3. The molecule has 56 heavy (non-hydrogen) atoms. The van der Waals surface area contributed by atoms with Gasteiger partial charge in [-0.3, -0.25) is 4.79 Å². The van der Waals surface area contributed by atoms with Gasteiger partial charge in [0.2, 0.25) is 5.88 Å². The number of carbonyl (C=O) groups is 1. The van der Waals surface area contributed by atoms with E-state index in [9.17, 15) is 15.2 Å². The van der Waals surface area contributed by atoms with Crippen LogP contribution in [0.15, 0.2) is 70.7 Å². The second-order valence-corrected chi connectivity index (χ2v) is 15.8. The molecule has 2 aromatic rings. The molecular weight excluding hydrogens is 731 g/mol. The first-order valence-electron chi connectivity index (χ1n) is 19.6. The number of halogens is 2. The van der Waals surface area contributed by atoms with Gasteiger partial charge < -0.3 is 24.4 Å². The molecule has 8 nitrogen and oxygen atoms in total. The number of thiophene rings is 1. The average molecular weight is 795 g/mol. The molecular formula is C45H64F2N4O4S. The second-order valence-electron chi connectivity index (χ2n) is 14.7. The zero-order valence-corrected chi connectivity index (χ0v) is 36.5. The highest BCUT2D eigenvalue weighted by atomic mass is 32.1. The van der Waals surface area contributed by atoms with Crippen molar-refractivity contribution >= 4 is 38.5 Å². The Balaban J connectivity index is 0.000000704. The molecule has 1 aromatic carbocycles. The number of aliphatic imine (C=N–C) groups is 1. The van der Waals surface area contributed by atoms with Crippen molar-refractivity contribution in [3.8, 4) is 6.07 Å². The van der Waals surface area contributed by atoms with Gasteiger partial charge in [-0.1, -0.05) is 60.6 Å². The number of allylic oxidation sites excluding steroid dienone is 7. The minimum atomic E-state index is -0.761. The maximum Gasteiger partial charge on any atom is 0.209 e. The van der Waals surface area contributed by atoms with Crippen molar-refractivity contribution in [1.29, 1.82) is 5.26 Å². The van der Waals surface area contributed by atoms with E-state index in [0.717, 1.165) is 37.9 Å². The summed E-state index contributed by atoms with van der Waals surface area (Å²) in [6, 6.07) is 5.12. The number of likely N-dealkylation sites (tertiary alicyclic amines) is 1. The second kappa shape index (κ2) is 23.2. The summed E-state index contributed by atoms with van der Waals surface area (Å²) in [5, 5.41) is 21.8. The number of hydrogen-bond donors (Lipinski definition) is 1. The van der Waals surface area contributed by atoms with Crippen molar-refractivity contribution in [3.63, 3.8) is 0 Å². The number of methoxy groups -OCH3 is 2. The maximum absolute atomic E-state index is 16.9. The maximum atomic E-state index is 16.9. The zero-order valence-electron chi connectivity index (χ0n) is 35.7. The Hall–Kier alpha value is -4.11. The van der Waals surface area contributed by atoms with Crippen LogP contribution in [0.3, 0.4) is 0 Å². The molecule has 2 aliphatic rings. The SMILES string of the molecule is C=CC(C)=O.CC/C=C(/N=C1/C(F)=C(c2ccc(F)c3sc(C(C)C)c(C#N)c23)C(O)=C/C1=C(/C)N(C)C(CC)CCC(C)CC)OC.COC1CCN(C)C1. The lowest BCUT2D eigenvalue weighted by atomic mass is 9.88. The summed E-state index contributed by atoms with van der Waals surface area (Å²) in [5.74, 6) is -0.716. The zero-order chi connectivity index (χ0) is 42.3. The molecule has 1 aromatic heterocycles. The molecule has 3 atom stereocenters. The first-order chi connectivity index (χ1) is 26.5. The van der Waals surface area contributed by atoms with Crippen LogP contribution in [0.25, 0.3) is 15.7 Å². The van der Waals surface area contributed by atoms with Crippen LogP contribution in [0.4, 0.5) is 8.78 Å². The third kappa shape index (κ3) is 12.4. The quantitative estimate of drug-likeness (QED) is 0.150. The van der Waals surface area contributed by atoms with E-state index < -0.39 is 11.6 Å². The number of carbonyl (C=O) groups excluding carboxylic acids is 1. The molecule has 0 saturated carbocycles. The number of rotatable bonds is 14. The molecule has 1 aliphatic heterocycles. The summed E-state index contributed by atoms with van der Waals surface area (Å²) < 4.78 is 42.8. The lowest BCUT2D eigenvalue weighted by Crippen LogP contribution is -2.32. The Morgan fingerprint density at radius 3 is 2.30 bits per heavy atom. The Bertz CT molecular complexity index is 1870. The fraction of sp³-hybridized carbons (Fsp3) is 0.533. The molecule has 308 valence electrons. The first-order valence-corrected chi connectivity index (χ1v) is 20.4. The van der Waals surface area contributed by atoms with Gasteiger partial charge in [0, 0.05) is 54.8 Å². The summed E-state index contributed by atoms with van der Waals surface area (Å²) >= 11 is 1.19. The smallest absolute Gasteiger partial charge is 0.209 e. The minimum Gasteiger partial charge on any atom is -0.507 e. The van der Waals surface area contributed by atoms with E-state index in [0.29, 0.717) is 39.8 Å².